The smallest absolute Gasteiger partial charge is 0.255 e. The van der Waals surface area contributed by atoms with Crippen LogP contribution in [0.4, 0.5) is 0 Å². The number of ether oxygens (including phenoxy) is 2. The molecule has 3 heterocycles. The number of amides is 3. The van der Waals surface area contributed by atoms with Gasteiger partial charge in [0.25, 0.3) is 5.91 Å². The van der Waals surface area contributed by atoms with Crippen LogP contribution in [0.2, 0.25) is 0 Å². The Labute approximate surface area is 181 Å². The van der Waals surface area contributed by atoms with Gasteiger partial charge < -0.3 is 14.4 Å². The molecule has 1 aromatic rings. The number of imide groups is 1. The third-order valence-corrected chi connectivity index (χ3v) is 7.18. The van der Waals surface area contributed by atoms with Crippen molar-refractivity contribution < 1.29 is 23.9 Å². The van der Waals surface area contributed by atoms with Crippen LogP contribution in [0.3, 0.4) is 0 Å². The number of fused-ring (bicyclic) bond motifs is 1. The van der Waals surface area contributed by atoms with E-state index in [1.165, 1.54) is 0 Å². The van der Waals surface area contributed by atoms with E-state index in [1.54, 1.807) is 18.1 Å². The molecule has 0 spiro atoms. The molecule has 1 aliphatic carbocycles. The molecule has 31 heavy (non-hydrogen) atoms. The quantitative estimate of drug-likeness (QED) is 0.716. The van der Waals surface area contributed by atoms with Gasteiger partial charge in [0, 0.05) is 44.8 Å². The summed E-state index contributed by atoms with van der Waals surface area (Å²) in [5.74, 6) is -0.0433. The molecule has 4 atom stereocenters. The summed E-state index contributed by atoms with van der Waals surface area (Å²) < 4.78 is 11.9. The number of hydrogen-bond acceptors (Lipinski definition) is 6. The van der Waals surface area contributed by atoms with Crippen LogP contribution in [0, 0.1) is 0 Å². The van der Waals surface area contributed by atoms with Crippen LogP contribution in [0.5, 0.6) is 5.75 Å². The van der Waals surface area contributed by atoms with Gasteiger partial charge in [0.15, 0.2) is 0 Å². The number of benzene rings is 1. The highest BCUT2D eigenvalue weighted by Crippen LogP contribution is 2.34. The van der Waals surface area contributed by atoms with Crippen LogP contribution in [0.1, 0.15) is 54.4 Å². The number of nitrogens with one attached hydrogen (secondary N) is 1. The minimum atomic E-state index is -0.593. The Bertz CT molecular complexity index is 903. The SMILES string of the molecule is CO[C@H]1CCN([C@H]2CCC[C@@H]2Oc2ccc3c(c2)CN(C2CCC(=O)NC2=O)C3=O)C1. The average Bonchev–Trinajstić information content (AvgIpc) is 3.47. The van der Waals surface area contributed by atoms with E-state index in [-0.39, 0.29) is 30.2 Å². The van der Waals surface area contributed by atoms with Crippen molar-refractivity contribution >= 4 is 17.7 Å². The Morgan fingerprint density at radius 2 is 1.97 bits per heavy atom. The largest absolute Gasteiger partial charge is 0.489 e. The van der Waals surface area contributed by atoms with E-state index in [4.69, 9.17) is 9.47 Å². The van der Waals surface area contributed by atoms with Gasteiger partial charge in [-0.3, -0.25) is 24.6 Å². The van der Waals surface area contributed by atoms with Crippen molar-refractivity contribution in [3.8, 4) is 5.75 Å². The van der Waals surface area contributed by atoms with Crippen LogP contribution in [0.25, 0.3) is 0 Å². The second-order valence-corrected chi connectivity index (χ2v) is 9.01. The molecule has 1 unspecified atom stereocenters. The molecule has 2 saturated heterocycles. The number of carbonyl (C=O) groups excluding carboxylic acids is 3. The Morgan fingerprint density at radius 1 is 1.10 bits per heavy atom. The lowest BCUT2D eigenvalue weighted by Crippen LogP contribution is -2.52. The van der Waals surface area contributed by atoms with Gasteiger partial charge in [-0.25, -0.2) is 0 Å². The fourth-order valence-corrected chi connectivity index (χ4v) is 5.51. The zero-order valence-corrected chi connectivity index (χ0v) is 17.8. The highest BCUT2D eigenvalue weighted by Gasteiger charge is 2.40. The van der Waals surface area contributed by atoms with Gasteiger partial charge in [0.2, 0.25) is 11.8 Å². The van der Waals surface area contributed by atoms with E-state index >= 15 is 0 Å². The lowest BCUT2D eigenvalue weighted by molar-refractivity contribution is -0.136. The van der Waals surface area contributed by atoms with Crippen molar-refractivity contribution in [2.75, 3.05) is 20.2 Å². The first-order chi connectivity index (χ1) is 15.0. The van der Waals surface area contributed by atoms with Crippen molar-refractivity contribution in [1.29, 1.82) is 0 Å². The predicted molar refractivity (Wildman–Crippen MR) is 112 cm³/mol. The van der Waals surface area contributed by atoms with E-state index in [2.05, 4.69) is 10.2 Å². The van der Waals surface area contributed by atoms with Crippen LogP contribution in [-0.2, 0) is 20.9 Å². The Morgan fingerprint density at radius 3 is 2.74 bits per heavy atom. The van der Waals surface area contributed by atoms with E-state index in [0.29, 0.717) is 30.7 Å². The number of piperidine rings is 1. The van der Waals surface area contributed by atoms with Crippen molar-refractivity contribution in [2.45, 2.75) is 69.4 Å². The van der Waals surface area contributed by atoms with Crippen LogP contribution in [-0.4, -0.2) is 72.0 Å². The highest BCUT2D eigenvalue weighted by molar-refractivity contribution is 6.05. The van der Waals surface area contributed by atoms with Crippen LogP contribution < -0.4 is 10.1 Å². The maximum atomic E-state index is 12.9. The fraction of sp³-hybridized carbons (Fsp3) is 0.609. The molecule has 5 rings (SSSR count). The summed E-state index contributed by atoms with van der Waals surface area (Å²) in [4.78, 5) is 40.6. The molecular formula is C23H29N3O5. The maximum absolute atomic E-state index is 12.9. The van der Waals surface area contributed by atoms with E-state index in [9.17, 15) is 14.4 Å². The topological polar surface area (TPSA) is 88.2 Å². The van der Waals surface area contributed by atoms with E-state index < -0.39 is 6.04 Å². The average molecular weight is 428 g/mol. The van der Waals surface area contributed by atoms with Gasteiger partial charge in [-0.1, -0.05) is 0 Å². The van der Waals surface area contributed by atoms with Crippen molar-refractivity contribution in [2.24, 2.45) is 0 Å². The van der Waals surface area contributed by atoms with E-state index in [0.717, 1.165) is 50.1 Å². The summed E-state index contributed by atoms with van der Waals surface area (Å²) in [5, 5.41) is 2.34. The van der Waals surface area contributed by atoms with Crippen molar-refractivity contribution in [3.63, 3.8) is 0 Å². The molecule has 3 fully saturated rings. The normalized spacial score (nSPS) is 31.3. The standard InChI is InChI=1S/C23H29N3O5/c1-30-16-9-10-25(13-16)18-3-2-4-20(18)31-15-5-6-17-14(11-15)12-26(23(17)29)19-7-8-21(27)24-22(19)28/h5-6,11,16,18-20H,2-4,7-10,12-13H2,1H3,(H,24,27,28)/t16-,18-,19?,20-/m0/s1. The Hall–Kier alpha value is -2.45. The summed E-state index contributed by atoms with van der Waals surface area (Å²) in [6, 6.07) is 5.41. The molecule has 4 aliphatic rings. The molecular weight excluding hydrogens is 398 g/mol. The zero-order chi connectivity index (χ0) is 21.5. The molecule has 1 saturated carbocycles. The summed E-state index contributed by atoms with van der Waals surface area (Å²) in [7, 11) is 1.78. The van der Waals surface area contributed by atoms with Gasteiger partial charge in [-0.15, -0.1) is 0 Å². The van der Waals surface area contributed by atoms with Crippen molar-refractivity contribution in [3.05, 3.63) is 29.3 Å². The Kier molecular flexibility index (Phi) is 5.44. The number of nitrogens with zero attached hydrogens (tertiary/aromatic N) is 2. The minimum absolute atomic E-state index is 0.136. The second-order valence-electron chi connectivity index (χ2n) is 9.01. The molecule has 0 radical (unpaired) electrons. The fourth-order valence-electron chi connectivity index (χ4n) is 5.51. The molecule has 8 nitrogen and oxygen atoms in total. The van der Waals surface area contributed by atoms with Crippen molar-refractivity contribution in [1.82, 2.24) is 15.1 Å². The summed E-state index contributed by atoms with van der Waals surface area (Å²) in [5.41, 5.74) is 1.49. The lowest BCUT2D eigenvalue weighted by atomic mass is 10.0. The van der Waals surface area contributed by atoms with Gasteiger partial charge in [0.1, 0.15) is 17.9 Å². The number of carbonyl (C=O) groups is 3. The molecule has 1 N–H and O–H groups in total. The van der Waals surface area contributed by atoms with Gasteiger partial charge >= 0.3 is 0 Å². The zero-order valence-electron chi connectivity index (χ0n) is 17.8. The molecule has 3 amide bonds. The van der Waals surface area contributed by atoms with Gasteiger partial charge in [-0.05, 0) is 55.9 Å². The second kappa shape index (κ2) is 8.24. The molecule has 3 aliphatic heterocycles. The first kappa shape index (κ1) is 20.5. The first-order valence-electron chi connectivity index (χ1n) is 11.2. The van der Waals surface area contributed by atoms with Gasteiger partial charge in [0.05, 0.1) is 6.10 Å². The highest BCUT2D eigenvalue weighted by atomic mass is 16.5. The number of likely N-dealkylation sites (tertiary alicyclic amines) is 1. The summed E-state index contributed by atoms with van der Waals surface area (Å²) in [6.45, 7) is 2.37. The van der Waals surface area contributed by atoms with E-state index in [1.807, 2.05) is 12.1 Å². The van der Waals surface area contributed by atoms with Crippen LogP contribution in [0.15, 0.2) is 18.2 Å². The number of rotatable bonds is 5. The monoisotopic (exact) mass is 427 g/mol. The first-order valence-corrected chi connectivity index (χ1v) is 11.2. The minimum Gasteiger partial charge on any atom is -0.489 e. The van der Waals surface area contributed by atoms with Crippen LogP contribution >= 0.6 is 0 Å². The lowest BCUT2D eigenvalue weighted by Gasteiger charge is -2.30. The number of hydrogen-bond donors (Lipinski definition) is 1. The summed E-state index contributed by atoms with van der Waals surface area (Å²) in [6.07, 6.45) is 5.45. The molecule has 0 bridgehead atoms. The molecule has 0 aromatic heterocycles. The molecule has 1 aromatic carbocycles. The molecule has 166 valence electrons. The Balaban J connectivity index is 1.27. The summed E-state index contributed by atoms with van der Waals surface area (Å²) >= 11 is 0. The van der Waals surface area contributed by atoms with Gasteiger partial charge in [-0.2, -0.15) is 0 Å². The number of methoxy groups -OCH3 is 1. The third-order valence-electron chi connectivity index (χ3n) is 7.18. The maximum Gasteiger partial charge on any atom is 0.255 e. The predicted octanol–water partition coefficient (Wildman–Crippen LogP) is 1.47. The molecule has 8 heteroatoms. The third kappa shape index (κ3) is 3.83.